The molecule has 5 heteroatoms. The first-order valence-corrected chi connectivity index (χ1v) is 9.80. The molecule has 1 aliphatic heterocycles. The number of amides is 1. The second-order valence-electron chi connectivity index (χ2n) is 7.71. The summed E-state index contributed by atoms with van der Waals surface area (Å²) in [5, 5.41) is 4.24. The zero-order valence-corrected chi connectivity index (χ0v) is 16.7. The van der Waals surface area contributed by atoms with Crippen molar-refractivity contribution >= 4 is 16.8 Å². The highest BCUT2D eigenvalue weighted by Crippen LogP contribution is 2.35. The third-order valence-electron chi connectivity index (χ3n) is 5.40. The van der Waals surface area contributed by atoms with Crippen molar-refractivity contribution in [1.82, 2.24) is 14.8 Å². The van der Waals surface area contributed by atoms with Gasteiger partial charge in [0, 0.05) is 42.2 Å². The highest BCUT2D eigenvalue weighted by molar-refractivity contribution is 6.07. The highest BCUT2D eigenvalue weighted by Gasteiger charge is 2.25. The predicted molar refractivity (Wildman–Crippen MR) is 112 cm³/mol. The third kappa shape index (κ3) is 3.50. The Kier molecular flexibility index (Phi) is 5.09. The summed E-state index contributed by atoms with van der Waals surface area (Å²) in [6.07, 6.45) is 2.77. The molecule has 0 aliphatic carbocycles. The maximum Gasteiger partial charge on any atom is 0.253 e. The number of hydrogen-bond acceptors (Lipinski definition) is 3. The van der Waals surface area contributed by atoms with Gasteiger partial charge in [0.05, 0.1) is 18.2 Å². The smallest absolute Gasteiger partial charge is 0.253 e. The van der Waals surface area contributed by atoms with Gasteiger partial charge in [-0.3, -0.25) is 4.79 Å². The van der Waals surface area contributed by atoms with Gasteiger partial charge in [-0.05, 0) is 32.6 Å². The lowest BCUT2D eigenvalue weighted by atomic mass is 9.97. The van der Waals surface area contributed by atoms with E-state index in [1.165, 1.54) is 0 Å². The standard InChI is InChI=1S/C23H27N3O2/c1-16-7-6-9-18-20(11-14-28-22(16)18)24-23(27)19-15-26(13-12-25(2)3)21-10-5-4-8-17(19)21/h4-10,15,20H,11-14H2,1-3H3,(H,24,27)/t20-/m1/s1. The average Bonchev–Trinajstić information content (AvgIpc) is 3.06. The van der Waals surface area contributed by atoms with Crippen molar-refractivity contribution in [3.63, 3.8) is 0 Å². The van der Waals surface area contributed by atoms with Crippen molar-refractivity contribution in [3.8, 4) is 5.75 Å². The Morgan fingerprint density at radius 3 is 2.86 bits per heavy atom. The topological polar surface area (TPSA) is 46.5 Å². The summed E-state index contributed by atoms with van der Waals surface area (Å²) in [5.41, 5.74) is 4.00. The maximum absolute atomic E-state index is 13.2. The Balaban J connectivity index is 1.63. The molecule has 2 heterocycles. The van der Waals surface area contributed by atoms with E-state index in [-0.39, 0.29) is 11.9 Å². The summed E-state index contributed by atoms with van der Waals surface area (Å²) < 4.78 is 8.01. The fourth-order valence-electron chi connectivity index (χ4n) is 3.89. The zero-order valence-electron chi connectivity index (χ0n) is 16.7. The van der Waals surface area contributed by atoms with E-state index in [4.69, 9.17) is 4.74 Å². The summed E-state index contributed by atoms with van der Waals surface area (Å²) >= 11 is 0. The molecule has 0 bridgehead atoms. The molecule has 1 N–H and O–H groups in total. The van der Waals surface area contributed by atoms with Gasteiger partial charge in [-0.25, -0.2) is 0 Å². The summed E-state index contributed by atoms with van der Waals surface area (Å²) in [7, 11) is 4.12. The van der Waals surface area contributed by atoms with Crippen LogP contribution in [0.2, 0.25) is 0 Å². The zero-order chi connectivity index (χ0) is 19.7. The third-order valence-corrected chi connectivity index (χ3v) is 5.40. The quantitative estimate of drug-likeness (QED) is 0.736. The summed E-state index contributed by atoms with van der Waals surface area (Å²) in [5.74, 6) is 0.881. The first-order chi connectivity index (χ1) is 13.5. The van der Waals surface area contributed by atoms with Gasteiger partial charge in [-0.15, -0.1) is 0 Å². The van der Waals surface area contributed by atoms with Crippen molar-refractivity contribution in [3.05, 3.63) is 65.4 Å². The number of para-hydroxylation sites is 2. The summed E-state index contributed by atoms with van der Waals surface area (Å²) in [6.45, 7) is 4.43. The van der Waals surface area contributed by atoms with Gasteiger partial charge < -0.3 is 19.5 Å². The van der Waals surface area contributed by atoms with Gasteiger partial charge in [0.25, 0.3) is 5.91 Å². The predicted octanol–water partition coefficient (Wildman–Crippen LogP) is 3.76. The van der Waals surface area contributed by atoms with E-state index in [0.717, 1.165) is 52.9 Å². The molecule has 1 aromatic heterocycles. The molecule has 0 unspecified atom stereocenters. The second kappa shape index (κ2) is 7.68. The van der Waals surface area contributed by atoms with Gasteiger partial charge in [-0.1, -0.05) is 36.4 Å². The minimum Gasteiger partial charge on any atom is -0.493 e. The number of carbonyl (C=O) groups is 1. The molecular formula is C23H27N3O2. The second-order valence-corrected chi connectivity index (χ2v) is 7.71. The largest absolute Gasteiger partial charge is 0.493 e. The maximum atomic E-state index is 13.2. The number of likely N-dealkylation sites (N-methyl/N-ethyl adjacent to an activating group) is 1. The fourth-order valence-corrected chi connectivity index (χ4v) is 3.89. The first-order valence-electron chi connectivity index (χ1n) is 9.80. The van der Waals surface area contributed by atoms with Crippen LogP contribution < -0.4 is 10.1 Å². The molecular weight excluding hydrogens is 350 g/mol. The van der Waals surface area contributed by atoms with E-state index >= 15 is 0 Å². The molecule has 3 aromatic rings. The van der Waals surface area contributed by atoms with E-state index in [1.54, 1.807) is 0 Å². The number of rotatable bonds is 5. The lowest BCUT2D eigenvalue weighted by Crippen LogP contribution is -2.32. The molecule has 146 valence electrons. The fraction of sp³-hybridized carbons (Fsp3) is 0.348. The van der Waals surface area contributed by atoms with Gasteiger partial charge in [0.1, 0.15) is 5.75 Å². The van der Waals surface area contributed by atoms with E-state index in [9.17, 15) is 4.79 Å². The molecule has 1 amide bonds. The van der Waals surface area contributed by atoms with Crippen molar-refractivity contribution in [1.29, 1.82) is 0 Å². The SMILES string of the molecule is Cc1cccc2c1OCC[C@H]2NC(=O)c1cn(CCN(C)C)c2ccccc12. The number of fused-ring (bicyclic) bond motifs is 2. The van der Waals surface area contributed by atoms with Crippen LogP contribution in [-0.4, -0.2) is 42.6 Å². The van der Waals surface area contributed by atoms with Crippen LogP contribution in [0.25, 0.3) is 10.9 Å². The minimum atomic E-state index is -0.0286. The monoisotopic (exact) mass is 377 g/mol. The van der Waals surface area contributed by atoms with Crippen molar-refractivity contribution < 1.29 is 9.53 Å². The Morgan fingerprint density at radius 2 is 2.04 bits per heavy atom. The molecule has 2 aromatic carbocycles. The molecule has 0 saturated carbocycles. The van der Waals surface area contributed by atoms with Crippen molar-refractivity contribution in [2.24, 2.45) is 0 Å². The summed E-state index contributed by atoms with van der Waals surface area (Å²) in [6, 6.07) is 14.2. The number of carbonyl (C=O) groups excluding carboxylic acids is 1. The van der Waals surface area contributed by atoms with Crippen LogP contribution in [0.1, 0.15) is 33.9 Å². The van der Waals surface area contributed by atoms with E-state index < -0.39 is 0 Å². The van der Waals surface area contributed by atoms with Crippen molar-refractivity contribution in [2.75, 3.05) is 27.2 Å². The van der Waals surface area contributed by atoms with Crippen LogP contribution in [0.3, 0.4) is 0 Å². The van der Waals surface area contributed by atoms with Gasteiger partial charge >= 0.3 is 0 Å². The number of nitrogens with one attached hydrogen (secondary N) is 1. The Bertz CT molecular complexity index is 1010. The lowest BCUT2D eigenvalue weighted by molar-refractivity contribution is 0.0926. The molecule has 28 heavy (non-hydrogen) atoms. The number of benzene rings is 2. The molecule has 0 saturated heterocycles. The molecule has 0 radical (unpaired) electrons. The number of aryl methyl sites for hydroxylation is 1. The number of aromatic nitrogens is 1. The van der Waals surface area contributed by atoms with Crippen LogP contribution in [0.4, 0.5) is 0 Å². The Labute approximate surface area is 165 Å². The van der Waals surface area contributed by atoms with Crippen LogP contribution in [0, 0.1) is 6.92 Å². The lowest BCUT2D eigenvalue weighted by Gasteiger charge is -2.27. The molecule has 1 atom stereocenters. The van der Waals surface area contributed by atoms with Crippen LogP contribution in [0.15, 0.2) is 48.7 Å². The number of hydrogen-bond donors (Lipinski definition) is 1. The molecule has 5 nitrogen and oxygen atoms in total. The van der Waals surface area contributed by atoms with Crippen LogP contribution in [0.5, 0.6) is 5.75 Å². The number of ether oxygens (including phenoxy) is 1. The van der Waals surface area contributed by atoms with Gasteiger partial charge in [0.2, 0.25) is 0 Å². The van der Waals surface area contributed by atoms with Crippen LogP contribution in [-0.2, 0) is 6.54 Å². The van der Waals surface area contributed by atoms with Gasteiger partial charge in [0.15, 0.2) is 0 Å². The normalized spacial score (nSPS) is 16.1. The van der Waals surface area contributed by atoms with E-state index in [2.05, 4.69) is 34.9 Å². The Morgan fingerprint density at radius 1 is 1.21 bits per heavy atom. The molecule has 4 rings (SSSR count). The van der Waals surface area contributed by atoms with Crippen molar-refractivity contribution in [2.45, 2.75) is 25.9 Å². The highest BCUT2D eigenvalue weighted by atomic mass is 16.5. The van der Waals surface area contributed by atoms with E-state index in [0.29, 0.717) is 6.61 Å². The summed E-state index contributed by atoms with van der Waals surface area (Å²) in [4.78, 5) is 15.3. The Hall–Kier alpha value is -2.79. The molecule has 0 fully saturated rings. The minimum absolute atomic E-state index is 0.0277. The van der Waals surface area contributed by atoms with Crippen LogP contribution >= 0.6 is 0 Å². The number of nitrogens with zero attached hydrogens (tertiary/aromatic N) is 2. The van der Waals surface area contributed by atoms with Gasteiger partial charge in [-0.2, -0.15) is 0 Å². The molecule has 0 spiro atoms. The first kappa shape index (κ1) is 18.6. The molecule has 1 aliphatic rings. The van der Waals surface area contributed by atoms with E-state index in [1.807, 2.05) is 49.5 Å². The average molecular weight is 377 g/mol.